The molecule has 5 aromatic rings. The van der Waals surface area contributed by atoms with E-state index in [1.165, 1.54) is 12.1 Å². The third-order valence-electron chi connectivity index (χ3n) is 5.91. The molecule has 2 aromatic heterocycles. The molecule has 5 rings (SSSR count). The molecular formula is C29H21F3N2O3S. The van der Waals surface area contributed by atoms with Crippen molar-refractivity contribution in [1.29, 1.82) is 0 Å². The van der Waals surface area contributed by atoms with Gasteiger partial charge in [-0.15, -0.1) is 11.3 Å². The third-order valence-corrected chi connectivity index (χ3v) is 7.06. The number of pyridine rings is 1. The fourth-order valence-electron chi connectivity index (χ4n) is 4.14. The Balaban J connectivity index is 1.38. The molecule has 0 fully saturated rings. The van der Waals surface area contributed by atoms with Crippen LogP contribution in [-0.4, -0.2) is 16.1 Å². The lowest BCUT2D eigenvalue weighted by molar-refractivity contribution is -0.133. The van der Waals surface area contributed by atoms with Crippen molar-refractivity contribution in [1.82, 2.24) is 4.98 Å². The quantitative estimate of drug-likeness (QED) is 0.212. The average Bonchev–Trinajstić information content (AvgIpc) is 3.37. The predicted molar refractivity (Wildman–Crippen MR) is 142 cm³/mol. The molecule has 0 bridgehead atoms. The number of fused-ring (bicyclic) bond motifs is 1. The number of carbonyl (C=O) groups is 1. The van der Waals surface area contributed by atoms with Crippen molar-refractivity contribution in [2.45, 2.75) is 19.3 Å². The zero-order valence-corrected chi connectivity index (χ0v) is 20.6. The molecule has 38 heavy (non-hydrogen) atoms. The Labute approximate surface area is 220 Å². The summed E-state index contributed by atoms with van der Waals surface area (Å²) in [6, 6.07) is 23.8. The predicted octanol–water partition coefficient (Wildman–Crippen LogP) is 7.87. The molecule has 192 valence electrons. The van der Waals surface area contributed by atoms with Gasteiger partial charge in [-0.3, -0.25) is 4.98 Å². The van der Waals surface area contributed by atoms with E-state index in [0.29, 0.717) is 45.3 Å². The largest absolute Gasteiger partial charge is 0.486 e. The number of aromatic nitrogens is 1. The van der Waals surface area contributed by atoms with Gasteiger partial charge in [-0.05, 0) is 47.5 Å². The zero-order valence-electron chi connectivity index (χ0n) is 19.8. The lowest BCUT2D eigenvalue weighted by Crippen LogP contribution is -2.03. The topological polar surface area (TPSA) is 71.5 Å². The summed E-state index contributed by atoms with van der Waals surface area (Å²) in [6.45, 7) is 0.373. The first-order valence-electron chi connectivity index (χ1n) is 11.6. The summed E-state index contributed by atoms with van der Waals surface area (Å²) in [7, 11) is 0. The van der Waals surface area contributed by atoms with Crippen LogP contribution in [0.1, 0.15) is 25.7 Å². The number of aromatic carboxylic acids is 1. The van der Waals surface area contributed by atoms with Crippen LogP contribution in [0.25, 0.3) is 22.0 Å². The molecule has 0 saturated heterocycles. The monoisotopic (exact) mass is 534 g/mol. The minimum Gasteiger partial charge on any atom is -0.486 e. The van der Waals surface area contributed by atoms with E-state index < -0.39 is 17.0 Å². The molecule has 0 radical (unpaired) electrons. The first-order valence-corrected chi connectivity index (χ1v) is 12.4. The maximum atomic E-state index is 13.7. The summed E-state index contributed by atoms with van der Waals surface area (Å²) < 4.78 is 47.2. The molecule has 0 unspecified atom stereocenters. The Kier molecular flexibility index (Phi) is 7.02. The Bertz CT molecular complexity index is 1600. The average molecular weight is 535 g/mol. The van der Waals surface area contributed by atoms with Crippen molar-refractivity contribution in [2.24, 2.45) is 0 Å². The smallest absolute Gasteiger partial charge is 0.426 e. The van der Waals surface area contributed by atoms with E-state index in [1.54, 1.807) is 66.9 Å². The fourth-order valence-corrected chi connectivity index (χ4v) is 5.10. The van der Waals surface area contributed by atoms with Gasteiger partial charge >= 0.3 is 12.1 Å². The number of hydrogen-bond acceptors (Lipinski definition) is 5. The van der Waals surface area contributed by atoms with Gasteiger partial charge in [0.05, 0.1) is 5.56 Å². The number of nitrogens with one attached hydrogen (secondary N) is 1. The van der Waals surface area contributed by atoms with Crippen molar-refractivity contribution < 1.29 is 27.8 Å². The number of alkyl halides is 3. The molecule has 0 aliphatic heterocycles. The number of carboxylic acid groups (broad SMARTS) is 1. The molecule has 3 aromatic carbocycles. The van der Waals surface area contributed by atoms with Crippen LogP contribution in [0.15, 0.2) is 91.1 Å². The number of anilines is 1. The van der Waals surface area contributed by atoms with Gasteiger partial charge in [0.2, 0.25) is 0 Å². The van der Waals surface area contributed by atoms with Gasteiger partial charge < -0.3 is 15.2 Å². The molecule has 2 N–H and O–H groups in total. The van der Waals surface area contributed by atoms with E-state index in [-0.39, 0.29) is 17.7 Å². The number of ether oxygens (including phenoxy) is 1. The first-order chi connectivity index (χ1) is 18.3. The van der Waals surface area contributed by atoms with Crippen LogP contribution in [0.4, 0.5) is 18.9 Å². The lowest BCUT2D eigenvalue weighted by atomic mass is 10.1. The van der Waals surface area contributed by atoms with E-state index in [1.807, 2.05) is 12.1 Å². The number of hydrogen-bond donors (Lipinski definition) is 2. The highest BCUT2D eigenvalue weighted by Crippen LogP contribution is 2.43. The van der Waals surface area contributed by atoms with Gasteiger partial charge in [-0.25, -0.2) is 4.79 Å². The number of carboxylic acids is 1. The van der Waals surface area contributed by atoms with Crippen LogP contribution in [0.3, 0.4) is 0 Å². The fraction of sp³-hybridized carbons (Fsp3) is 0.103. The maximum absolute atomic E-state index is 13.7. The molecule has 0 atom stereocenters. The van der Waals surface area contributed by atoms with Crippen molar-refractivity contribution in [3.05, 3.63) is 112 Å². The lowest BCUT2D eigenvalue weighted by Gasteiger charge is -2.13. The Morgan fingerprint density at radius 1 is 0.974 bits per heavy atom. The van der Waals surface area contributed by atoms with Crippen LogP contribution in [-0.2, 0) is 19.3 Å². The summed E-state index contributed by atoms with van der Waals surface area (Å²) in [5, 5.41) is 13.3. The maximum Gasteiger partial charge on any atom is 0.426 e. The van der Waals surface area contributed by atoms with Gasteiger partial charge in [0.1, 0.15) is 22.8 Å². The number of benzene rings is 3. The van der Waals surface area contributed by atoms with Crippen molar-refractivity contribution in [3.8, 4) is 16.9 Å². The standard InChI is InChI=1S/C29H21F3N2O3S/c30-29(31,32)27-24(18-6-2-1-3-7-18)15-22(38-27)17-37-25-12-11-20(23-10-5-13-33-26(23)25)16-34-21-9-4-8-19(14-21)28(35)36/h1-15,34H,16-17H2,(H,35,36). The van der Waals surface area contributed by atoms with Gasteiger partial charge in [-0.2, -0.15) is 13.2 Å². The summed E-state index contributed by atoms with van der Waals surface area (Å²) in [5.41, 5.74) is 2.97. The minimum atomic E-state index is -4.47. The number of thiophene rings is 1. The van der Waals surface area contributed by atoms with Crippen molar-refractivity contribution in [3.63, 3.8) is 0 Å². The van der Waals surface area contributed by atoms with Gasteiger partial charge in [0.25, 0.3) is 0 Å². The summed E-state index contributed by atoms with van der Waals surface area (Å²) >= 11 is 0.676. The van der Waals surface area contributed by atoms with Crippen molar-refractivity contribution in [2.75, 3.05) is 5.32 Å². The van der Waals surface area contributed by atoms with Gasteiger partial charge in [0, 0.05) is 34.3 Å². The van der Waals surface area contributed by atoms with Crippen LogP contribution < -0.4 is 10.1 Å². The normalized spacial score (nSPS) is 11.4. The Hall–Kier alpha value is -4.37. The van der Waals surface area contributed by atoms with Crippen LogP contribution >= 0.6 is 11.3 Å². The van der Waals surface area contributed by atoms with E-state index in [9.17, 15) is 23.1 Å². The summed E-state index contributed by atoms with van der Waals surface area (Å²) in [6.07, 6.45) is -2.84. The van der Waals surface area contributed by atoms with Crippen LogP contribution in [0.2, 0.25) is 0 Å². The molecule has 0 spiro atoms. The Morgan fingerprint density at radius 2 is 1.79 bits per heavy atom. The minimum absolute atomic E-state index is 0.0359. The van der Waals surface area contributed by atoms with Crippen LogP contribution in [0.5, 0.6) is 5.75 Å². The SMILES string of the molecule is O=C(O)c1cccc(NCc2ccc(OCc3cc(-c4ccccc4)c(C(F)(F)F)s3)c3ncccc23)c1. The second kappa shape index (κ2) is 10.5. The highest BCUT2D eigenvalue weighted by atomic mass is 32.1. The number of nitrogens with zero attached hydrogens (tertiary/aromatic N) is 1. The summed E-state index contributed by atoms with van der Waals surface area (Å²) in [5.74, 6) is -0.547. The molecule has 0 aliphatic rings. The highest BCUT2D eigenvalue weighted by Gasteiger charge is 2.36. The zero-order chi connectivity index (χ0) is 26.7. The van der Waals surface area contributed by atoms with Crippen LogP contribution in [0, 0.1) is 0 Å². The molecule has 0 aliphatic carbocycles. The number of rotatable bonds is 8. The van der Waals surface area contributed by atoms with E-state index in [0.717, 1.165) is 10.9 Å². The highest BCUT2D eigenvalue weighted by molar-refractivity contribution is 7.12. The molecule has 2 heterocycles. The third kappa shape index (κ3) is 5.47. The second-order valence-corrected chi connectivity index (χ2v) is 9.61. The molecule has 0 saturated carbocycles. The molecule has 9 heteroatoms. The van der Waals surface area contributed by atoms with Crippen molar-refractivity contribution >= 4 is 33.9 Å². The summed E-state index contributed by atoms with van der Waals surface area (Å²) in [4.78, 5) is 15.5. The molecule has 0 amide bonds. The second-order valence-electron chi connectivity index (χ2n) is 8.47. The van der Waals surface area contributed by atoms with Gasteiger partial charge in [-0.1, -0.05) is 48.5 Å². The van der Waals surface area contributed by atoms with Gasteiger partial charge in [0.15, 0.2) is 0 Å². The van der Waals surface area contributed by atoms with E-state index in [4.69, 9.17) is 4.74 Å². The first kappa shape index (κ1) is 25.3. The van der Waals surface area contributed by atoms with E-state index in [2.05, 4.69) is 10.3 Å². The van der Waals surface area contributed by atoms with E-state index >= 15 is 0 Å². The number of halogens is 3. The molecule has 5 nitrogen and oxygen atoms in total. The molecular weight excluding hydrogens is 513 g/mol. The Morgan fingerprint density at radius 3 is 2.55 bits per heavy atom.